The summed E-state index contributed by atoms with van der Waals surface area (Å²) in [6.45, 7) is 2.66. The molecule has 2 rings (SSSR count). The highest BCUT2D eigenvalue weighted by Gasteiger charge is 2.22. The lowest BCUT2D eigenvalue weighted by Gasteiger charge is -2.27. The molecule has 0 amide bonds. The van der Waals surface area contributed by atoms with Gasteiger partial charge in [-0.15, -0.1) is 0 Å². The van der Waals surface area contributed by atoms with Gasteiger partial charge in [-0.3, -0.25) is 0 Å². The van der Waals surface area contributed by atoms with Crippen molar-refractivity contribution in [3.8, 4) is 0 Å². The molecule has 1 N–H and O–H groups in total. The van der Waals surface area contributed by atoms with Crippen LogP contribution >= 0.6 is 0 Å². The molecule has 1 atom stereocenters. The maximum absolute atomic E-state index is 11.3. The SMILES string of the molecule is C[C@@H](O)c1ccc(N2CCS(=O)(=O)CC2)nc1. The number of hydrogen-bond acceptors (Lipinski definition) is 5. The maximum atomic E-state index is 11.3. The average molecular weight is 256 g/mol. The van der Waals surface area contributed by atoms with Gasteiger partial charge in [-0.25, -0.2) is 13.4 Å². The van der Waals surface area contributed by atoms with Crippen molar-refractivity contribution >= 4 is 15.7 Å². The van der Waals surface area contributed by atoms with E-state index in [1.807, 2.05) is 17.0 Å². The molecule has 1 aromatic heterocycles. The number of hydrogen-bond donors (Lipinski definition) is 1. The first-order valence-electron chi connectivity index (χ1n) is 5.57. The van der Waals surface area contributed by atoms with E-state index in [0.717, 1.165) is 11.4 Å². The summed E-state index contributed by atoms with van der Waals surface area (Å²) in [7, 11) is -2.85. The number of nitrogens with zero attached hydrogens (tertiary/aromatic N) is 2. The van der Waals surface area contributed by atoms with Crippen molar-refractivity contribution in [1.29, 1.82) is 0 Å². The first-order chi connectivity index (χ1) is 7.98. The number of rotatable bonds is 2. The second kappa shape index (κ2) is 4.62. The third-order valence-electron chi connectivity index (χ3n) is 2.92. The molecule has 0 spiro atoms. The highest BCUT2D eigenvalue weighted by Crippen LogP contribution is 2.17. The fourth-order valence-electron chi connectivity index (χ4n) is 1.77. The van der Waals surface area contributed by atoms with Crippen LogP contribution in [0, 0.1) is 0 Å². The van der Waals surface area contributed by atoms with E-state index in [1.165, 1.54) is 0 Å². The van der Waals surface area contributed by atoms with E-state index in [4.69, 9.17) is 0 Å². The monoisotopic (exact) mass is 256 g/mol. The van der Waals surface area contributed by atoms with Crippen molar-refractivity contribution in [3.63, 3.8) is 0 Å². The van der Waals surface area contributed by atoms with Crippen LogP contribution < -0.4 is 4.90 Å². The minimum Gasteiger partial charge on any atom is -0.389 e. The van der Waals surface area contributed by atoms with E-state index in [2.05, 4.69) is 4.98 Å². The van der Waals surface area contributed by atoms with Crippen LogP contribution in [0.2, 0.25) is 0 Å². The van der Waals surface area contributed by atoms with Gasteiger partial charge in [-0.2, -0.15) is 0 Å². The second-order valence-electron chi connectivity index (χ2n) is 4.26. The van der Waals surface area contributed by atoms with Crippen LogP contribution in [-0.2, 0) is 9.84 Å². The summed E-state index contributed by atoms with van der Waals surface area (Å²) in [4.78, 5) is 6.19. The maximum Gasteiger partial charge on any atom is 0.153 e. The first-order valence-corrected chi connectivity index (χ1v) is 7.39. The number of anilines is 1. The number of pyridine rings is 1. The first kappa shape index (κ1) is 12.3. The predicted molar refractivity (Wildman–Crippen MR) is 65.7 cm³/mol. The normalized spacial score (nSPS) is 21.2. The molecule has 0 radical (unpaired) electrons. The minimum atomic E-state index is -2.85. The highest BCUT2D eigenvalue weighted by atomic mass is 32.2. The van der Waals surface area contributed by atoms with Gasteiger partial charge in [0.15, 0.2) is 9.84 Å². The van der Waals surface area contributed by atoms with Gasteiger partial charge in [0.05, 0.1) is 17.6 Å². The molecule has 0 aromatic carbocycles. The van der Waals surface area contributed by atoms with E-state index < -0.39 is 15.9 Å². The Balaban J connectivity index is 2.09. The third kappa shape index (κ3) is 2.95. The molecule has 1 fully saturated rings. The van der Waals surface area contributed by atoms with Gasteiger partial charge in [0.25, 0.3) is 0 Å². The lowest BCUT2D eigenvalue weighted by Crippen LogP contribution is -2.40. The average Bonchev–Trinajstić information content (AvgIpc) is 2.29. The summed E-state index contributed by atoms with van der Waals surface area (Å²) in [5, 5.41) is 9.36. The summed E-state index contributed by atoms with van der Waals surface area (Å²) in [6.07, 6.45) is 1.10. The standard InChI is InChI=1S/C11H16N2O3S/c1-9(14)10-2-3-11(12-8-10)13-4-6-17(15,16)7-5-13/h2-3,8-9,14H,4-7H2,1H3/t9-/m1/s1. The molecule has 94 valence electrons. The Morgan fingerprint density at radius 3 is 2.47 bits per heavy atom. The molecule has 1 aliphatic rings. The smallest absolute Gasteiger partial charge is 0.153 e. The predicted octanol–water partition coefficient (Wildman–Crippen LogP) is 0.370. The van der Waals surface area contributed by atoms with Crippen LogP contribution in [0.1, 0.15) is 18.6 Å². The molecular weight excluding hydrogens is 240 g/mol. The number of aromatic nitrogens is 1. The molecule has 1 saturated heterocycles. The van der Waals surface area contributed by atoms with E-state index >= 15 is 0 Å². The van der Waals surface area contributed by atoms with Crippen molar-refractivity contribution in [2.45, 2.75) is 13.0 Å². The Labute approximate surface area is 101 Å². The van der Waals surface area contributed by atoms with Crippen molar-refractivity contribution in [3.05, 3.63) is 23.9 Å². The second-order valence-corrected chi connectivity index (χ2v) is 6.57. The summed E-state index contributed by atoms with van der Waals surface area (Å²) in [5.74, 6) is 1.14. The van der Waals surface area contributed by atoms with Crippen molar-refractivity contribution in [2.75, 3.05) is 29.5 Å². The van der Waals surface area contributed by atoms with Gasteiger partial charge in [0, 0.05) is 19.3 Å². The van der Waals surface area contributed by atoms with Gasteiger partial charge in [0.1, 0.15) is 5.82 Å². The van der Waals surface area contributed by atoms with Gasteiger partial charge in [-0.05, 0) is 18.6 Å². The zero-order chi connectivity index (χ0) is 12.5. The summed E-state index contributed by atoms with van der Waals surface area (Å²) < 4.78 is 22.6. The Kier molecular flexibility index (Phi) is 3.35. The summed E-state index contributed by atoms with van der Waals surface area (Å²) in [6, 6.07) is 3.64. The van der Waals surface area contributed by atoms with Gasteiger partial charge >= 0.3 is 0 Å². The largest absolute Gasteiger partial charge is 0.389 e. The molecule has 0 saturated carbocycles. The fourth-order valence-corrected chi connectivity index (χ4v) is 2.97. The van der Waals surface area contributed by atoms with E-state index in [-0.39, 0.29) is 11.5 Å². The lowest BCUT2D eigenvalue weighted by atomic mass is 10.2. The molecule has 0 bridgehead atoms. The van der Waals surface area contributed by atoms with Crippen LogP contribution in [0.25, 0.3) is 0 Å². The molecule has 2 heterocycles. The zero-order valence-electron chi connectivity index (χ0n) is 9.70. The van der Waals surface area contributed by atoms with Crippen LogP contribution in [0.3, 0.4) is 0 Å². The molecule has 0 unspecified atom stereocenters. The zero-order valence-corrected chi connectivity index (χ0v) is 10.5. The fraction of sp³-hybridized carbons (Fsp3) is 0.545. The van der Waals surface area contributed by atoms with Crippen LogP contribution in [0.4, 0.5) is 5.82 Å². The van der Waals surface area contributed by atoms with Gasteiger partial charge in [-0.1, -0.05) is 6.07 Å². The number of aliphatic hydroxyl groups is 1. The summed E-state index contributed by atoms with van der Waals surface area (Å²) in [5.41, 5.74) is 0.762. The third-order valence-corrected chi connectivity index (χ3v) is 4.53. The minimum absolute atomic E-state index is 0.187. The van der Waals surface area contributed by atoms with E-state index in [9.17, 15) is 13.5 Å². The lowest BCUT2D eigenvalue weighted by molar-refractivity contribution is 0.199. The highest BCUT2D eigenvalue weighted by molar-refractivity contribution is 7.91. The molecular formula is C11H16N2O3S. The number of aliphatic hydroxyl groups excluding tert-OH is 1. The summed E-state index contributed by atoms with van der Waals surface area (Å²) >= 11 is 0. The number of sulfone groups is 1. The molecule has 5 nitrogen and oxygen atoms in total. The Morgan fingerprint density at radius 1 is 1.35 bits per heavy atom. The topological polar surface area (TPSA) is 70.5 Å². The van der Waals surface area contributed by atoms with E-state index in [1.54, 1.807) is 13.1 Å². The van der Waals surface area contributed by atoms with Crippen molar-refractivity contribution in [1.82, 2.24) is 4.98 Å². The molecule has 1 aliphatic heterocycles. The van der Waals surface area contributed by atoms with Crippen LogP contribution in [0.5, 0.6) is 0 Å². The van der Waals surface area contributed by atoms with Crippen LogP contribution in [0.15, 0.2) is 18.3 Å². The quantitative estimate of drug-likeness (QED) is 0.828. The van der Waals surface area contributed by atoms with Crippen molar-refractivity contribution in [2.24, 2.45) is 0 Å². The molecule has 0 aliphatic carbocycles. The van der Waals surface area contributed by atoms with Crippen LogP contribution in [-0.4, -0.2) is 43.1 Å². The van der Waals surface area contributed by atoms with Gasteiger partial charge < -0.3 is 10.0 Å². The molecule has 1 aromatic rings. The van der Waals surface area contributed by atoms with E-state index in [0.29, 0.717) is 13.1 Å². The Bertz CT molecular complexity index is 468. The van der Waals surface area contributed by atoms with Gasteiger partial charge in [0.2, 0.25) is 0 Å². The Morgan fingerprint density at radius 2 is 2.00 bits per heavy atom. The Hall–Kier alpha value is -1.14. The molecule has 6 heteroatoms. The van der Waals surface area contributed by atoms with Crippen molar-refractivity contribution < 1.29 is 13.5 Å². The molecule has 17 heavy (non-hydrogen) atoms.